The average Bonchev–Trinajstić information content (AvgIpc) is 1.69. The minimum atomic E-state index is -1.23. The Labute approximate surface area is 76.7 Å². The van der Waals surface area contributed by atoms with E-state index in [4.69, 9.17) is 15.0 Å². The first-order chi connectivity index (χ1) is 3.68. The number of hydrogen-bond donors (Lipinski definition) is 1. The predicted octanol–water partition coefficient (Wildman–Crippen LogP) is -4.08. The van der Waals surface area contributed by atoms with E-state index in [0.29, 0.717) is 0 Å². The van der Waals surface area contributed by atoms with Gasteiger partial charge in [0.05, 0.1) is 5.97 Å². The van der Waals surface area contributed by atoms with Crippen molar-refractivity contribution in [1.29, 1.82) is 0 Å². The number of carboxylic acids is 1. The Kier molecular flexibility index (Phi) is 28.1. The Bertz CT molecular complexity index is 72.6. The van der Waals surface area contributed by atoms with Gasteiger partial charge in [0.2, 0.25) is 0 Å². The molecule has 0 aliphatic carbocycles. The maximum Gasteiger partial charge on any atom is 1.00 e. The molecule has 0 fully saturated rings. The van der Waals surface area contributed by atoms with Crippen molar-refractivity contribution in [3.63, 3.8) is 0 Å². The molecule has 0 bridgehead atoms. The third-order valence-electron chi connectivity index (χ3n) is 0.167. The van der Waals surface area contributed by atoms with E-state index in [9.17, 15) is 0 Å². The van der Waals surface area contributed by atoms with E-state index >= 15 is 0 Å². The van der Waals surface area contributed by atoms with E-state index in [1.54, 1.807) is 6.92 Å². The van der Waals surface area contributed by atoms with E-state index in [0.717, 1.165) is 6.08 Å². The van der Waals surface area contributed by atoms with Crippen molar-refractivity contribution in [3.8, 4) is 0 Å². The first-order valence-corrected chi connectivity index (χ1v) is 2.13. The van der Waals surface area contributed by atoms with Gasteiger partial charge in [0, 0.05) is 6.61 Å². The third kappa shape index (κ3) is 66.1. The van der Waals surface area contributed by atoms with Crippen molar-refractivity contribution in [2.75, 3.05) is 6.61 Å². The Hall–Kier alpha value is 0.170. The molecule has 0 amide bonds. The molecule has 0 rings (SSSR count). The molecule has 0 radical (unpaired) electrons. The molecule has 0 aromatic rings. The molecule has 48 valence electrons. The number of carboxylic acid groups (broad SMARTS) is 1. The fourth-order valence-corrected chi connectivity index (χ4v) is 0. The summed E-state index contributed by atoms with van der Waals surface area (Å²) in [6.07, 6.45) is 0.722. The van der Waals surface area contributed by atoms with Gasteiger partial charge in [-0.15, -0.1) is 0 Å². The maximum atomic E-state index is 9.14. The van der Waals surface area contributed by atoms with Gasteiger partial charge in [0.1, 0.15) is 0 Å². The van der Waals surface area contributed by atoms with Gasteiger partial charge in [-0.1, -0.05) is 6.58 Å². The van der Waals surface area contributed by atoms with Crippen molar-refractivity contribution in [2.45, 2.75) is 6.92 Å². The first-order valence-electron chi connectivity index (χ1n) is 2.13. The Morgan fingerprint density at radius 2 is 2.00 bits per heavy atom. The molecule has 0 saturated heterocycles. The van der Waals surface area contributed by atoms with E-state index in [1.807, 2.05) is 0 Å². The second kappa shape index (κ2) is 15.7. The molecule has 0 aromatic carbocycles. The van der Waals surface area contributed by atoms with Crippen LogP contribution in [0.5, 0.6) is 0 Å². The molecule has 0 unspecified atom stereocenters. The number of hydrogen-bond acceptors (Lipinski definition) is 3. The maximum absolute atomic E-state index is 9.14. The molecule has 0 aliphatic heterocycles. The molecule has 3 nitrogen and oxygen atoms in total. The molecule has 4 heteroatoms. The number of carbonyl (C=O) groups is 1. The summed E-state index contributed by atoms with van der Waals surface area (Å²) in [6, 6.07) is 0. The van der Waals surface area contributed by atoms with Crippen molar-refractivity contribution in [3.05, 3.63) is 12.7 Å². The van der Waals surface area contributed by atoms with Crippen LogP contribution in [-0.4, -0.2) is 17.7 Å². The number of carbonyl (C=O) groups excluding carboxylic acids is 1. The third-order valence-corrected chi connectivity index (χ3v) is 0.167. The van der Waals surface area contributed by atoms with Gasteiger partial charge in [-0.25, -0.2) is 0 Å². The monoisotopic (exact) mass is 140 g/mol. The molecule has 0 aromatic heterocycles. The van der Waals surface area contributed by atoms with Crippen LogP contribution in [0.2, 0.25) is 0 Å². The van der Waals surface area contributed by atoms with Crippen LogP contribution in [0.3, 0.4) is 0 Å². The first kappa shape index (κ1) is 16.1. The largest absolute Gasteiger partial charge is 1.00 e. The summed E-state index contributed by atoms with van der Waals surface area (Å²) < 4.78 is 0. The van der Waals surface area contributed by atoms with Crippen LogP contribution >= 0.6 is 0 Å². The van der Waals surface area contributed by atoms with Crippen molar-refractivity contribution in [2.24, 2.45) is 0 Å². The van der Waals surface area contributed by atoms with Crippen LogP contribution in [0, 0.1) is 0 Å². The number of aliphatic hydroxyl groups is 1. The van der Waals surface area contributed by atoms with Gasteiger partial charge in [-0.05, 0) is 13.0 Å². The van der Waals surface area contributed by atoms with Gasteiger partial charge in [0.25, 0.3) is 0 Å². The molecule has 0 atom stereocenters. The van der Waals surface area contributed by atoms with Crippen LogP contribution in [-0.2, 0) is 4.79 Å². The fraction of sp³-hybridized carbons (Fsp3) is 0.400. The summed E-state index contributed by atoms with van der Waals surface area (Å²) >= 11 is 0. The van der Waals surface area contributed by atoms with Crippen LogP contribution in [0.25, 0.3) is 0 Å². The van der Waals surface area contributed by atoms with Crippen molar-refractivity contribution < 1.29 is 44.6 Å². The van der Waals surface area contributed by atoms with Crippen LogP contribution < -0.4 is 34.7 Å². The minimum Gasteiger partial charge on any atom is -0.545 e. The number of rotatable bonds is 1. The molecule has 0 aliphatic rings. The number of aliphatic hydroxyl groups excluding tert-OH is 1. The SMILES string of the molecule is C=CC(=O)[O-].CCO.[Na+]. The quantitative estimate of drug-likeness (QED) is 0.297. The second-order valence-electron chi connectivity index (χ2n) is 0.839. The van der Waals surface area contributed by atoms with Gasteiger partial charge >= 0.3 is 29.6 Å². The minimum absolute atomic E-state index is 0. The average molecular weight is 140 g/mol. The Balaban J connectivity index is -0.0000000800. The van der Waals surface area contributed by atoms with Gasteiger partial charge < -0.3 is 15.0 Å². The van der Waals surface area contributed by atoms with Gasteiger partial charge in [-0.2, -0.15) is 0 Å². The van der Waals surface area contributed by atoms with Crippen LogP contribution in [0.4, 0.5) is 0 Å². The molecular formula is C5H9NaO3. The topological polar surface area (TPSA) is 60.4 Å². The van der Waals surface area contributed by atoms with Crippen LogP contribution in [0.1, 0.15) is 6.92 Å². The smallest absolute Gasteiger partial charge is 0.545 e. The van der Waals surface area contributed by atoms with Gasteiger partial charge in [-0.3, -0.25) is 0 Å². The zero-order chi connectivity index (χ0) is 6.99. The molecule has 0 spiro atoms. The standard InChI is InChI=1S/C3H4O2.C2H6O.Na/c1-2-3(4)5;1-2-3;/h2H,1H2,(H,4,5);3H,2H2,1H3;/q;;+1/p-1. The zero-order valence-electron chi connectivity index (χ0n) is 5.76. The van der Waals surface area contributed by atoms with Crippen LogP contribution in [0.15, 0.2) is 12.7 Å². The Morgan fingerprint density at radius 3 is 2.00 bits per heavy atom. The summed E-state index contributed by atoms with van der Waals surface area (Å²) in [5, 5.41) is 16.7. The van der Waals surface area contributed by atoms with E-state index in [-0.39, 0.29) is 36.2 Å². The van der Waals surface area contributed by atoms with E-state index in [2.05, 4.69) is 6.58 Å². The summed E-state index contributed by atoms with van der Waals surface area (Å²) in [7, 11) is 0. The second-order valence-corrected chi connectivity index (χ2v) is 0.839. The molecule has 1 N–H and O–H groups in total. The normalized spacial score (nSPS) is 5.56. The van der Waals surface area contributed by atoms with Crippen molar-refractivity contribution >= 4 is 5.97 Å². The molecule has 0 heterocycles. The summed E-state index contributed by atoms with van der Waals surface area (Å²) in [5.41, 5.74) is 0. The number of aliphatic carboxylic acids is 1. The van der Waals surface area contributed by atoms with Gasteiger partial charge in [0.15, 0.2) is 0 Å². The summed E-state index contributed by atoms with van der Waals surface area (Å²) in [5.74, 6) is -1.23. The summed E-state index contributed by atoms with van der Waals surface area (Å²) in [4.78, 5) is 9.14. The van der Waals surface area contributed by atoms with E-state index < -0.39 is 5.97 Å². The predicted molar refractivity (Wildman–Crippen MR) is 28.0 cm³/mol. The fourth-order valence-electron chi connectivity index (χ4n) is 0. The molecule has 9 heavy (non-hydrogen) atoms. The molecule has 0 saturated carbocycles. The summed E-state index contributed by atoms with van der Waals surface area (Å²) in [6.45, 7) is 4.83. The zero-order valence-corrected chi connectivity index (χ0v) is 7.76. The van der Waals surface area contributed by atoms with E-state index in [1.165, 1.54) is 0 Å². The van der Waals surface area contributed by atoms with Crippen molar-refractivity contribution in [1.82, 2.24) is 0 Å². The molecular weight excluding hydrogens is 131 g/mol. The Morgan fingerprint density at radius 1 is 1.89 bits per heavy atom.